The van der Waals surface area contributed by atoms with Gasteiger partial charge in [0.25, 0.3) is 0 Å². The lowest BCUT2D eigenvalue weighted by Crippen LogP contribution is -2.34. The van der Waals surface area contributed by atoms with E-state index in [0.29, 0.717) is 6.42 Å². The van der Waals surface area contributed by atoms with Gasteiger partial charge in [-0.15, -0.1) is 0 Å². The molecule has 1 aromatic carbocycles. The number of aromatic nitrogens is 2. The molecule has 4 nitrogen and oxygen atoms in total. The minimum atomic E-state index is 0.0625. The van der Waals surface area contributed by atoms with Crippen LogP contribution in [0, 0.1) is 13.8 Å². The van der Waals surface area contributed by atoms with Crippen molar-refractivity contribution in [2.24, 2.45) is 7.05 Å². The number of benzene rings is 1. The molecule has 0 radical (unpaired) electrons. The molecule has 5 heteroatoms. The second-order valence-electron chi connectivity index (χ2n) is 6.08. The van der Waals surface area contributed by atoms with Crippen molar-refractivity contribution < 1.29 is 4.79 Å². The van der Waals surface area contributed by atoms with Crippen molar-refractivity contribution in [2.45, 2.75) is 46.1 Å². The van der Waals surface area contributed by atoms with Gasteiger partial charge in [-0.3, -0.25) is 9.48 Å². The van der Waals surface area contributed by atoms with Crippen molar-refractivity contribution in [3.8, 4) is 0 Å². The third-order valence-electron chi connectivity index (χ3n) is 4.18. The molecular formula is C18H24BrN3O. The van der Waals surface area contributed by atoms with Crippen LogP contribution >= 0.6 is 15.9 Å². The average Bonchev–Trinajstić information content (AvgIpc) is 2.73. The van der Waals surface area contributed by atoms with Crippen molar-refractivity contribution in [1.82, 2.24) is 15.1 Å². The molecule has 0 aliphatic carbocycles. The standard InChI is InChI=1S/C18H24BrN3O/c1-12(5-6-15-7-9-16(19)10-8-15)20-18(23)11-17-13(2)21-22(4)14(17)3/h7-10,12H,5-6,11H2,1-4H3,(H,20,23)/t12-/m1/s1. The predicted octanol–water partition coefficient (Wildman–Crippen LogP) is 3.48. The fourth-order valence-corrected chi connectivity index (χ4v) is 2.93. The normalized spacial score (nSPS) is 12.2. The molecule has 0 unspecified atom stereocenters. The summed E-state index contributed by atoms with van der Waals surface area (Å²) in [5, 5.41) is 7.45. The minimum absolute atomic E-state index is 0.0625. The van der Waals surface area contributed by atoms with Crippen molar-refractivity contribution in [2.75, 3.05) is 0 Å². The Morgan fingerprint density at radius 1 is 1.30 bits per heavy atom. The summed E-state index contributed by atoms with van der Waals surface area (Å²) in [7, 11) is 1.91. The van der Waals surface area contributed by atoms with Gasteiger partial charge in [0.05, 0.1) is 12.1 Å². The van der Waals surface area contributed by atoms with Crippen LogP contribution in [-0.2, 0) is 24.7 Å². The van der Waals surface area contributed by atoms with Gasteiger partial charge in [0.2, 0.25) is 5.91 Å². The van der Waals surface area contributed by atoms with E-state index >= 15 is 0 Å². The van der Waals surface area contributed by atoms with Crippen LogP contribution < -0.4 is 5.32 Å². The molecular weight excluding hydrogens is 354 g/mol. The van der Waals surface area contributed by atoms with E-state index in [2.05, 4.69) is 45.4 Å². The highest BCUT2D eigenvalue weighted by Gasteiger charge is 2.15. The first kappa shape index (κ1) is 17.7. The molecule has 0 aliphatic heterocycles. The maximum atomic E-state index is 12.2. The van der Waals surface area contributed by atoms with E-state index in [1.54, 1.807) is 0 Å². The number of hydrogen-bond acceptors (Lipinski definition) is 2. The summed E-state index contributed by atoms with van der Waals surface area (Å²) in [6, 6.07) is 8.48. The second kappa shape index (κ2) is 7.77. The Labute approximate surface area is 146 Å². The van der Waals surface area contributed by atoms with E-state index in [0.717, 1.165) is 34.3 Å². The average molecular weight is 378 g/mol. The van der Waals surface area contributed by atoms with Crippen LogP contribution in [-0.4, -0.2) is 21.7 Å². The highest BCUT2D eigenvalue weighted by molar-refractivity contribution is 9.10. The zero-order chi connectivity index (χ0) is 17.0. The molecule has 0 saturated carbocycles. The number of aryl methyl sites for hydroxylation is 3. The van der Waals surface area contributed by atoms with Crippen molar-refractivity contribution in [1.29, 1.82) is 0 Å². The number of hydrogen-bond donors (Lipinski definition) is 1. The molecule has 1 N–H and O–H groups in total. The minimum Gasteiger partial charge on any atom is -0.353 e. The monoisotopic (exact) mass is 377 g/mol. The van der Waals surface area contributed by atoms with Crippen LogP contribution in [0.1, 0.15) is 35.9 Å². The largest absolute Gasteiger partial charge is 0.353 e. The maximum Gasteiger partial charge on any atom is 0.224 e. The van der Waals surface area contributed by atoms with E-state index < -0.39 is 0 Å². The van der Waals surface area contributed by atoms with Crippen LogP contribution in [0.2, 0.25) is 0 Å². The van der Waals surface area contributed by atoms with Crippen LogP contribution in [0.15, 0.2) is 28.7 Å². The topological polar surface area (TPSA) is 46.9 Å². The lowest BCUT2D eigenvalue weighted by molar-refractivity contribution is -0.121. The van der Waals surface area contributed by atoms with Gasteiger partial charge < -0.3 is 5.32 Å². The molecule has 0 fully saturated rings. The van der Waals surface area contributed by atoms with Crippen molar-refractivity contribution >= 4 is 21.8 Å². The quantitative estimate of drug-likeness (QED) is 0.837. The van der Waals surface area contributed by atoms with Crippen LogP contribution in [0.25, 0.3) is 0 Å². The summed E-state index contributed by atoms with van der Waals surface area (Å²) in [6.45, 7) is 6.01. The van der Waals surface area contributed by atoms with Gasteiger partial charge in [-0.05, 0) is 51.3 Å². The highest BCUT2D eigenvalue weighted by atomic mass is 79.9. The number of rotatable bonds is 6. The number of carbonyl (C=O) groups excluding carboxylic acids is 1. The Morgan fingerprint density at radius 2 is 1.96 bits per heavy atom. The van der Waals surface area contributed by atoms with Gasteiger partial charge in [-0.1, -0.05) is 28.1 Å². The summed E-state index contributed by atoms with van der Waals surface area (Å²) in [5.41, 5.74) is 4.31. The highest BCUT2D eigenvalue weighted by Crippen LogP contribution is 2.14. The summed E-state index contributed by atoms with van der Waals surface area (Å²) < 4.78 is 2.92. The fourth-order valence-electron chi connectivity index (χ4n) is 2.67. The Bertz CT molecular complexity index is 676. The molecule has 0 aliphatic rings. The molecule has 0 spiro atoms. The molecule has 23 heavy (non-hydrogen) atoms. The number of carbonyl (C=O) groups is 1. The zero-order valence-corrected chi connectivity index (χ0v) is 15.8. The Morgan fingerprint density at radius 3 is 2.52 bits per heavy atom. The number of amides is 1. The summed E-state index contributed by atoms with van der Waals surface area (Å²) >= 11 is 3.44. The summed E-state index contributed by atoms with van der Waals surface area (Å²) in [4.78, 5) is 12.2. The van der Waals surface area contributed by atoms with Gasteiger partial charge in [0, 0.05) is 28.8 Å². The SMILES string of the molecule is Cc1nn(C)c(C)c1CC(=O)N[C@H](C)CCc1ccc(Br)cc1. The maximum absolute atomic E-state index is 12.2. The Hall–Kier alpha value is -1.62. The van der Waals surface area contributed by atoms with E-state index in [1.165, 1.54) is 5.56 Å². The third-order valence-corrected chi connectivity index (χ3v) is 4.71. The van der Waals surface area contributed by atoms with Crippen molar-refractivity contribution in [3.63, 3.8) is 0 Å². The van der Waals surface area contributed by atoms with E-state index in [9.17, 15) is 4.79 Å². The Kier molecular flexibility index (Phi) is 5.99. The predicted molar refractivity (Wildman–Crippen MR) is 96.5 cm³/mol. The molecule has 0 saturated heterocycles. The van der Waals surface area contributed by atoms with E-state index in [-0.39, 0.29) is 11.9 Å². The first-order valence-electron chi connectivity index (χ1n) is 7.89. The van der Waals surface area contributed by atoms with Crippen LogP contribution in [0.5, 0.6) is 0 Å². The molecule has 0 bridgehead atoms. The van der Waals surface area contributed by atoms with Crippen molar-refractivity contribution in [3.05, 3.63) is 51.3 Å². The van der Waals surface area contributed by atoms with E-state index in [4.69, 9.17) is 0 Å². The molecule has 124 valence electrons. The van der Waals surface area contributed by atoms with Gasteiger partial charge >= 0.3 is 0 Å². The van der Waals surface area contributed by atoms with Gasteiger partial charge in [0.15, 0.2) is 0 Å². The lowest BCUT2D eigenvalue weighted by atomic mass is 10.1. The number of nitrogens with zero attached hydrogens (tertiary/aromatic N) is 2. The smallest absolute Gasteiger partial charge is 0.224 e. The summed E-state index contributed by atoms with van der Waals surface area (Å²) in [5.74, 6) is 0.0625. The van der Waals surface area contributed by atoms with Gasteiger partial charge in [-0.25, -0.2) is 0 Å². The molecule has 2 rings (SSSR count). The lowest BCUT2D eigenvalue weighted by Gasteiger charge is -2.14. The molecule has 1 amide bonds. The van der Waals surface area contributed by atoms with Gasteiger partial charge in [0.1, 0.15) is 0 Å². The number of nitrogens with one attached hydrogen (secondary N) is 1. The summed E-state index contributed by atoms with van der Waals surface area (Å²) in [6.07, 6.45) is 2.28. The molecule has 1 heterocycles. The van der Waals surface area contributed by atoms with Crippen LogP contribution in [0.3, 0.4) is 0 Å². The first-order valence-corrected chi connectivity index (χ1v) is 8.69. The number of halogens is 1. The Balaban J connectivity index is 1.83. The van der Waals surface area contributed by atoms with Crippen LogP contribution in [0.4, 0.5) is 0 Å². The fraction of sp³-hybridized carbons (Fsp3) is 0.444. The third kappa shape index (κ3) is 4.93. The molecule has 1 aromatic heterocycles. The second-order valence-corrected chi connectivity index (χ2v) is 7.00. The zero-order valence-electron chi connectivity index (χ0n) is 14.2. The molecule has 1 atom stereocenters. The first-order chi connectivity index (χ1) is 10.9. The molecule has 2 aromatic rings. The van der Waals surface area contributed by atoms with Gasteiger partial charge in [-0.2, -0.15) is 5.10 Å². The van der Waals surface area contributed by atoms with E-state index in [1.807, 2.05) is 37.7 Å².